The van der Waals surface area contributed by atoms with E-state index in [0.29, 0.717) is 0 Å². The molecule has 0 saturated heterocycles. The number of rotatable bonds is 2. The SMILES string of the molecule is Cc1cc(-c2ccc3ccccc3c2)cc(-c2ccc3ccccc3c2)c1. The van der Waals surface area contributed by atoms with Gasteiger partial charge in [0.15, 0.2) is 0 Å². The van der Waals surface area contributed by atoms with Gasteiger partial charge in [-0.1, -0.05) is 84.9 Å². The van der Waals surface area contributed by atoms with E-state index in [-0.39, 0.29) is 0 Å². The quantitative estimate of drug-likeness (QED) is 0.309. The Labute approximate surface area is 159 Å². The molecule has 5 aromatic rings. The lowest BCUT2D eigenvalue weighted by Gasteiger charge is -2.10. The van der Waals surface area contributed by atoms with Crippen LogP contribution in [0.5, 0.6) is 0 Å². The van der Waals surface area contributed by atoms with Crippen LogP contribution in [0.1, 0.15) is 5.56 Å². The maximum atomic E-state index is 2.31. The van der Waals surface area contributed by atoms with E-state index in [0.717, 1.165) is 0 Å². The lowest BCUT2D eigenvalue weighted by atomic mass is 9.94. The second-order valence-electron chi connectivity index (χ2n) is 7.21. The summed E-state index contributed by atoms with van der Waals surface area (Å²) in [5, 5.41) is 5.12. The van der Waals surface area contributed by atoms with Crippen LogP contribution in [0.15, 0.2) is 103 Å². The molecule has 0 bridgehead atoms. The Morgan fingerprint density at radius 2 is 0.815 bits per heavy atom. The standard InChI is InChI=1S/C27H20/c1-19-14-26(24-12-10-20-6-2-4-8-22(20)16-24)18-27(15-19)25-13-11-21-7-3-5-9-23(21)17-25/h2-18H,1H3. The van der Waals surface area contributed by atoms with Gasteiger partial charge in [0.05, 0.1) is 0 Å². The lowest BCUT2D eigenvalue weighted by Crippen LogP contribution is -1.85. The summed E-state index contributed by atoms with van der Waals surface area (Å²) in [4.78, 5) is 0. The highest BCUT2D eigenvalue weighted by molar-refractivity contribution is 5.90. The van der Waals surface area contributed by atoms with Gasteiger partial charge in [-0.2, -0.15) is 0 Å². The fourth-order valence-electron chi connectivity index (χ4n) is 3.85. The van der Waals surface area contributed by atoms with Crippen molar-refractivity contribution in [1.29, 1.82) is 0 Å². The Bertz CT molecular complexity index is 1180. The van der Waals surface area contributed by atoms with Gasteiger partial charge in [-0.3, -0.25) is 0 Å². The zero-order valence-electron chi connectivity index (χ0n) is 15.3. The molecule has 0 aromatic heterocycles. The molecule has 0 spiro atoms. The van der Waals surface area contributed by atoms with Gasteiger partial charge < -0.3 is 0 Å². The van der Waals surface area contributed by atoms with Crippen molar-refractivity contribution in [3.63, 3.8) is 0 Å². The Balaban J connectivity index is 1.64. The molecule has 0 heteroatoms. The summed E-state index contributed by atoms with van der Waals surface area (Å²) >= 11 is 0. The molecule has 0 aliphatic heterocycles. The molecule has 0 N–H and O–H groups in total. The monoisotopic (exact) mass is 344 g/mol. The zero-order chi connectivity index (χ0) is 18.2. The molecule has 0 saturated carbocycles. The third-order valence-electron chi connectivity index (χ3n) is 5.24. The first-order chi connectivity index (χ1) is 13.3. The number of fused-ring (bicyclic) bond motifs is 2. The summed E-state index contributed by atoms with van der Waals surface area (Å²) in [5.74, 6) is 0. The maximum Gasteiger partial charge on any atom is -0.0175 e. The van der Waals surface area contributed by atoms with Gasteiger partial charge in [0.25, 0.3) is 0 Å². The van der Waals surface area contributed by atoms with E-state index < -0.39 is 0 Å². The summed E-state index contributed by atoms with van der Waals surface area (Å²) in [7, 11) is 0. The van der Waals surface area contributed by atoms with Crippen molar-refractivity contribution >= 4 is 21.5 Å². The highest BCUT2D eigenvalue weighted by atomic mass is 14.1. The molecule has 0 aliphatic rings. The van der Waals surface area contributed by atoms with E-state index in [2.05, 4.69) is 110 Å². The van der Waals surface area contributed by atoms with E-state index in [1.165, 1.54) is 49.4 Å². The first-order valence-corrected chi connectivity index (χ1v) is 9.36. The van der Waals surface area contributed by atoms with E-state index in [1.54, 1.807) is 0 Å². The molecule has 5 rings (SSSR count). The molecular weight excluding hydrogens is 324 g/mol. The predicted molar refractivity (Wildman–Crippen MR) is 117 cm³/mol. The van der Waals surface area contributed by atoms with Crippen molar-refractivity contribution in [2.24, 2.45) is 0 Å². The minimum atomic E-state index is 1.26. The van der Waals surface area contributed by atoms with E-state index >= 15 is 0 Å². The van der Waals surface area contributed by atoms with E-state index in [4.69, 9.17) is 0 Å². The third kappa shape index (κ3) is 3.00. The van der Waals surface area contributed by atoms with Crippen LogP contribution in [-0.2, 0) is 0 Å². The Hall–Kier alpha value is -3.38. The molecule has 0 atom stereocenters. The summed E-state index contributed by atoms with van der Waals surface area (Å²) in [6, 6.07) is 37.4. The molecule has 0 nitrogen and oxygen atoms in total. The van der Waals surface area contributed by atoms with Gasteiger partial charge in [0.2, 0.25) is 0 Å². The first kappa shape index (κ1) is 15.8. The first-order valence-electron chi connectivity index (χ1n) is 9.36. The van der Waals surface area contributed by atoms with Crippen molar-refractivity contribution in [1.82, 2.24) is 0 Å². The van der Waals surface area contributed by atoms with Crippen molar-refractivity contribution < 1.29 is 0 Å². The summed E-state index contributed by atoms with van der Waals surface area (Å²) in [5.41, 5.74) is 6.34. The summed E-state index contributed by atoms with van der Waals surface area (Å²) in [6.45, 7) is 2.18. The van der Waals surface area contributed by atoms with Gasteiger partial charge in [0, 0.05) is 0 Å². The molecule has 0 heterocycles. The zero-order valence-corrected chi connectivity index (χ0v) is 15.3. The van der Waals surface area contributed by atoms with Crippen molar-refractivity contribution in [3.05, 3.63) is 109 Å². The topological polar surface area (TPSA) is 0 Å². The number of aryl methyl sites for hydroxylation is 1. The number of hydrogen-bond donors (Lipinski definition) is 0. The van der Waals surface area contributed by atoms with Gasteiger partial charge in [-0.25, -0.2) is 0 Å². The van der Waals surface area contributed by atoms with Crippen LogP contribution in [0, 0.1) is 6.92 Å². The second kappa shape index (κ2) is 6.41. The third-order valence-corrected chi connectivity index (χ3v) is 5.24. The highest BCUT2D eigenvalue weighted by Gasteiger charge is 2.06. The van der Waals surface area contributed by atoms with Crippen LogP contribution < -0.4 is 0 Å². The molecule has 0 fully saturated rings. The lowest BCUT2D eigenvalue weighted by molar-refractivity contribution is 1.46. The molecule has 128 valence electrons. The summed E-state index contributed by atoms with van der Waals surface area (Å²) in [6.07, 6.45) is 0. The van der Waals surface area contributed by atoms with Crippen molar-refractivity contribution in [2.45, 2.75) is 6.92 Å². The van der Waals surface area contributed by atoms with Crippen molar-refractivity contribution in [3.8, 4) is 22.3 Å². The van der Waals surface area contributed by atoms with Gasteiger partial charge in [0.1, 0.15) is 0 Å². The highest BCUT2D eigenvalue weighted by Crippen LogP contribution is 2.31. The molecule has 5 aromatic carbocycles. The van der Waals surface area contributed by atoms with Gasteiger partial charge >= 0.3 is 0 Å². The molecule has 0 amide bonds. The van der Waals surface area contributed by atoms with Crippen LogP contribution in [0.4, 0.5) is 0 Å². The smallest absolute Gasteiger partial charge is 0.0175 e. The normalized spacial score (nSPS) is 11.1. The largest absolute Gasteiger partial charge is 0.0616 e. The number of hydrogen-bond acceptors (Lipinski definition) is 0. The Morgan fingerprint density at radius 3 is 1.30 bits per heavy atom. The maximum absolute atomic E-state index is 2.31. The Morgan fingerprint density at radius 1 is 0.370 bits per heavy atom. The van der Waals surface area contributed by atoms with Gasteiger partial charge in [-0.05, 0) is 74.5 Å². The molecule has 0 aliphatic carbocycles. The molecule has 0 unspecified atom stereocenters. The average Bonchev–Trinajstić information content (AvgIpc) is 2.72. The van der Waals surface area contributed by atoms with Crippen LogP contribution in [0.2, 0.25) is 0 Å². The second-order valence-corrected chi connectivity index (χ2v) is 7.21. The minimum Gasteiger partial charge on any atom is -0.0616 e. The minimum absolute atomic E-state index is 1.26. The summed E-state index contributed by atoms with van der Waals surface area (Å²) < 4.78 is 0. The predicted octanol–water partition coefficient (Wildman–Crippen LogP) is 7.64. The van der Waals surface area contributed by atoms with Crippen molar-refractivity contribution in [2.75, 3.05) is 0 Å². The van der Waals surface area contributed by atoms with Crippen LogP contribution in [0.25, 0.3) is 43.8 Å². The fraction of sp³-hybridized carbons (Fsp3) is 0.0370. The van der Waals surface area contributed by atoms with Crippen LogP contribution >= 0.6 is 0 Å². The van der Waals surface area contributed by atoms with Crippen LogP contribution in [0.3, 0.4) is 0 Å². The number of benzene rings is 5. The van der Waals surface area contributed by atoms with Gasteiger partial charge in [-0.15, -0.1) is 0 Å². The van der Waals surface area contributed by atoms with E-state index in [1.807, 2.05) is 0 Å². The fourth-order valence-corrected chi connectivity index (χ4v) is 3.85. The molecule has 27 heavy (non-hydrogen) atoms. The Kier molecular flexibility index (Phi) is 3.76. The van der Waals surface area contributed by atoms with Crippen LogP contribution in [-0.4, -0.2) is 0 Å². The molecular formula is C27H20. The van der Waals surface area contributed by atoms with E-state index in [9.17, 15) is 0 Å². The molecule has 0 radical (unpaired) electrons. The average molecular weight is 344 g/mol.